The first-order valence-electron chi connectivity index (χ1n) is 9.60. The molecule has 0 unspecified atom stereocenters. The first-order chi connectivity index (χ1) is 12.3. The van der Waals surface area contributed by atoms with Crippen LogP contribution in [-0.4, -0.2) is 43.9 Å². The summed E-state index contributed by atoms with van der Waals surface area (Å²) in [4.78, 5) is 19.1. The van der Waals surface area contributed by atoms with Crippen LogP contribution in [0.4, 0.5) is 0 Å². The lowest BCUT2D eigenvalue weighted by Crippen LogP contribution is -2.38. The molecule has 3 rings (SSSR count). The fraction of sp³-hybridized carbons (Fsp3) is 0.650. The monoisotopic (exact) mass is 357 g/mol. The van der Waals surface area contributed by atoms with Crippen molar-refractivity contribution in [2.75, 3.05) is 19.6 Å². The Morgan fingerprint density at radius 2 is 1.92 bits per heavy atom. The summed E-state index contributed by atoms with van der Waals surface area (Å²) in [6.45, 7) is 10.3. The van der Waals surface area contributed by atoms with E-state index in [1.54, 1.807) is 10.7 Å². The third-order valence-electron chi connectivity index (χ3n) is 5.35. The minimum atomic E-state index is -0.0379. The topological polar surface area (TPSA) is 56.0 Å². The standard InChI is InChI=1S/C20H31N5O/c1-20(2,3)17-5-6-19(26)25(22-17)15-16-7-11-24(12-8-16)13-9-18-21-10-14-23(18)4/h5-6,10,14,16H,7-9,11-13,15H2,1-4H3. The summed E-state index contributed by atoms with van der Waals surface area (Å²) in [6.07, 6.45) is 7.09. The molecule has 1 aliphatic heterocycles. The molecule has 1 saturated heterocycles. The summed E-state index contributed by atoms with van der Waals surface area (Å²) in [5.74, 6) is 1.67. The maximum Gasteiger partial charge on any atom is 0.266 e. The van der Waals surface area contributed by atoms with Gasteiger partial charge in [-0.2, -0.15) is 5.10 Å². The van der Waals surface area contributed by atoms with Crippen molar-refractivity contribution in [2.45, 2.75) is 52.0 Å². The van der Waals surface area contributed by atoms with E-state index in [1.807, 2.05) is 25.5 Å². The molecule has 2 aromatic rings. The van der Waals surface area contributed by atoms with Gasteiger partial charge in [0.25, 0.3) is 5.56 Å². The van der Waals surface area contributed by atoms with Crippen LogP contribution in [0, 0.1) is 5.92 Å². The van der Waals surface area contributed by atoms with Crippen molar-refractivity contribution in [3.05, 3.63) is 46.4 Å². The molecular formula is C20H31N5O. The van der Waals surface area contributed by atoms with Crippen LogP contribution in [0.1, 0.15) is 45.1 Å². The Bertz CT molecular complexity index is 778. The SMILES string of the molecule is Cn1ccnc1CCN1CCC(Cn2nc(C(C)(C)C)ccc2=O)CC1. The van der Waals surface area contributed by atoms with Gasteiger partial charge in [0.1, 0.15) is 5.82 Å². The molecule has 1 fully saturated rings. The average Bonchev–Trinajstić information content (AvgIpc) is 3.00. The highest BCUT2D eigenvalue weighted by Gasteiger charge is 2.22. The number of piperidine rings is 1. The van der Waals surface area contributed by atoms with E-state index in [-0.39, 0.29) is 11.0 Å². The maximum absolute atomic E-state index is 12.2. The number of hydrogen-bond donors (Lipinski definition) is 0. The van der Waals surface area contributed by atoms with Gasteiger partial charge < -0.3 is 9.47 Å². The van der Waals surface area contributed by atoms with E-state index in [9.17, 15) is 4.79 Å². The first-order valence-corrected chi connectivity index (χ1v) is 9.60. The van der Waals surface area contributed by atoms with Crippen molar-refractivity contribution in [3.63, 3.8) is 0 Å². The van der Waals surface area contributed by atoms with Gasteiger partial charge >= 0.3 is 0 Å². The summed E-state index contributed by atoms with van der Waals surface area (Å²) in [5, 5.41) is 4.62. The number of aryl methyl sites for hydroxylation is 1. The molecule has 0 atom stereocenters. The average molecular weight is 358 g/mol. The summed E-state index contributed by atoms with van der Waals surface area (Å²) in [6, 6.07) is 3.52. The largest absolute Gasteiger partial charge is 0.338 e. The number of aromatic nitrogens is 4. The fourth-order valence-electron chi connectivity index (χ4n) is 3.51. The normalized spacial score (nSPS) is 16.9. The van der Waals surface area contributed by atoms with E-state index >= 15 is 0 Å². The van der Waals surface area contributed by atoms with Crippen LogP contribution in [0.5, 0.6) is 0 Å². The zero-order valence-electron chi connectivity index (χ0n) is 16.5. The van der Waals surface area contributed by atoms with Crippen LogP contribution in [0.3, 0.4) is 0 Å². The fourth-order valence-corrected chi connectivity index (χ4v) is 3.51. The molecule has 0 bridgehead atoms. The molecule has 0 spiro atoms. The second-order valence-electron chi connectivity index (χ2n) is 8.48. The second-order valence-corrected chi connectivity index (χ2v) is 8.48. The number of hydrogen-bond acceptors (Lipinski definition) is 4. The highest BCUT2D eigenvalue weighted by Crippen LogP contribution is 2.21. The van der Waals surface area contributed by atoms with E-state index in [4.69, 9.17) is 0 Å². The minimum Gasteiger partial charge on any atom is -0.338 e. The Balaban J connectivity index is 1.53. The van der Waals surface area contributed by atoms with Crippen LogP contribution in [0.25, 0.3) is 0 Å². The lowest BCUT2D eigenvalue weighted by atomic mass is 9.92. The molecule has 6 nitrogen and oxygen atoms in total. The van der Waals surface area contributed by atoms with E-state index in [0.29, 0.717) is 5.92 Å². The Labute approximate surface area is 155 Å². The Kier molecular flexibility index (Phi) is 5.61. The third-order valence-corrected chi connectivity index (χ3v) is 5.35. The van der Waals surface area contributed by atoms with Gasteiger partial charge in [-0.05, 0) is 37.9 Å². The van der Waals surface area contributed by atoms with E-state index in [0.717, 1.165) is 57.0 Å². The third kappa shape index (κ3) is 4.61. The highest BCUT2D eigenvalue weighted by molar-refractivity contribution is 5.10. The number of rotatable bonds is 5. The van der Waals surface area contributed by atoms with Crippen molar-refractivity contribution in [1.29, 1.82) is 0 Å². The number of imidazole rings is 1. The van der Waals surface area contributed by atoms with Crippen LogP contribution in [-0.2, 0) is 25.4 Å². The van der Waals surface area contributed by atoms with Gasteiger partial charge in [-0.15, -0.1) is 0 Å². The summed E-state index contributed by atoms with van der Waals surface area (Å²) in [7, 11) is 2.05. The zero-order valence-corrected chi connectivity index (χ0v) is 16.5. The molecule has 0 aliphatic carbocycles. The van der Waals surface area contributed by atoms with Gasteiger partial charge in [0, 0.05) is 50.4 Å². The molecule has 1 aliphatic rings. The van der Waals surface area contributed by atoms with Crippen molar-refractivity contribution in [2.24, 2.45) is 13.0 Å². The van der Waals surface area contributed by atoms with E-state index in [1.165, 1.54) is 0 Å². The predicted octanol–water partition coefficient (Wildman–Crippen LogP) is 2.23. The van der Waals surface area contributed by atoms with Gasteiger partial charge in [0.15, 0.2) is 0 Å². The molecule has 2 aromatic heterocycles. The quantitative estimate of drug-likeness (QED) is 0.823. The number of nitrogens with zero attached hydrogens (tertiary/aromatic N) is 5. The summed E-state index contributed by atoms with van der Waals surface area (Å²) < 4.78 is 3.77. The first kappa shape index (κ1) is 18.8. The van der Waals surface area contributed by atoms with Gasteiger partial charge in [-0.25, -0.2) is 9.67 Å². The Morgan fingerprint density at radius 3 is 2.54 bits per heavy atom. The summed E-state index contributed by atoms with van der Waals surface area (Å²) >= 11 is 0. The molecule has 0 amide bonds. The van der Waals surface area contributed by atoms with Crippen molar-refractivity contribution in [3.8, 4) is 0 Å². The Morgan fingerprint density at radius 1 is 1.19 bits per heavy atom. The number of likely N-dealkylation sites (tertiary alicyclic amines) is 1. The van der Waals surface area contributed by atoms with E-state index < -0.39 is 0 Å². The minimum absolute atomic E-state index is 0.00946. The van der Waals surface area contributed by atoms with Crippen molar-refractivity contribution in [1.82, 2.24) is 24.2 Å². The predicted molar refractivity (Wildman–Crippen MR) is 103 cm³/mol. The van der Waals surface area contributed by atoms with Crippen LogP contribution >= 0.6 is 0 Å². The van der Waals surface area contributed by atoms with Crippen LogP contribution < -0.4 is 5.56 Å². The van der Waals surface area contributed by atoms with Crippen molar-refractivity contribution < 1.29 is 0 Å². The molecule has 0 aromatic carbocycles. The molecular weight excluding hydrogens is 326 g/mol. The smallest absolute Gasteiger partial charge is 0.266 e. The van der Waals surface area contributed by atoms with Gasteiger partial charge in [0.05, 0.1) is 5.69 Å². The second kappa shape index (κ2) is 7.74. The molecule has 0 N–H and O–H groups in total. The van der Waals surface area contributed by atoms with Gasteiger partial charge in [0.2, 0.25) is 0 Å². The highest BCUT2D eigenvalue weighted by atomic mass is 16.1. The zero-order chi connectivity index (χ0) is 18.7. The van der Waals surface area contributed by atoms with Gasteiger partial charge in [-0.3, -0.25) is 4.79 Å². The molecule has 26 heavy (non-hydrogen) atoms. The Hall–Kier alpha value is -1.95. The molecule has 0 saturated carbocycles. The summed E-state index contributed by atoms with van der Waals surface area (Å²) in [5.41, 5.74) is 0.948. The van der Waals surface area contributed by atoms with Crippen molar-refractivity contribution >= 4 is 0 Å². The molecule has 3 heterocycles. The molecule has 6 heteroatoms. The molecule has 142 valence electrons. The van der Waals surface area contributed by atoms with Crippen LogP contribution in [0.15, 0.2) is 29.3 Å². The maximum atomic E-state index is 12.2. The lowest BCUT2D eigenvalue weighted by molar-refractivity contribution is 0.170. The molecule has 0 radical (unpaired) electrons. The lowest BCUT2D eigenvalue weighted by Gasteiger charge is -2.32. The van der Waals surface area contributed by atoms with Crippen LogP contribution in [0.2, 0.25) is 0 Å². The van der Waals surface area contributed by atoms with E-state index in [2.05, 4.69) is 40.3 Å². The van der Waals surface area contributed by atoms with Gasteiger partial charge in [-0.1, -0.05) is 20.8 Å².